The van der Waals surface area contributed by atoms with Crippen LogP contribution in [0.25, 0.3) is 0 Å². The van der Waals surface area contributed by atoms with E-state index >= 15 is 0 Å². The summed E-state index contributed by atoms with van der Waals surface area (Å²) in [7, 11) is 0. The Hall–Kier alpha value is -1.30. The Kier molecular flexibility index (Phi) is 7.65. The van der Waals surface area contributed by atoms with Gasteiger partial charge in [0.1, 0.15) is 0 Å². The highest BCUT2D eigenvalue weighted by atomic mass is 35.5. The van der Waals surface area contributed by atoms with E-state index in [0.717, 1.165) is 5.56 Å². The lowest BCUT2D eigenvalue weighted by Gasteiger charge is -2.34. The highest BCUT2D eigenvalue weighted by Gasteiger charge is 2.26. The van der Waals surface area contributed by atoms with Crippen LogP contribution in [-0.4, -0.2) is 47.8 Å². The minimum atomic E-state index is -0.0164. The quantitative estimate of drug-likeness (QED) is 0.882. The Morgan fingerprint density at radius 1 is 1.23 bits per heavy atom. The third-order valence-electron chi connectivity index (χ3n) is 3.55. The van der Waals surface area contributed by atoms with Gasteiger partial charge in [-0.15, -0.1) is 12.4 Å². The summed E-state index contributed by atoms with van der Waals surface area (Å²) in [4.78, 5) is 27.4. The van der Waals surface area contributed by atoms with Crippen LogP contribution in [-0.2, 0) is 16.1 Å². The van der Waals surface area contributed by atoms with E-state index in [2.05, 4.69) is 0 Å². The monoisotopic (exact) mass is 345 g/mol. The van der Waals surface area contributed by atoms with Gasteiger partial charge in [0.15, 0.2) is 0 Å². The first-order valence-corrected chi connectivity index (χ1v) is 7.48. The van der Waals surface area contributed by atoms with Crippen molar-refractivity contribution >= 4 is 35.8 Å². The van der Waals surface area contributed by atoms with Crippen molar-refractivity contribution in [1.29, 1.82) is 0 Å². The summed E-state index contributed by atoms with van der Waals surface area (Å²) in [6.07, 6.45) is 1.08. The molecule has 0 spiro atoms. The van der Waals surface area contributed by atoms with Crippen LogP contribution in [0.15, 0.2) is 24.3 Å². The molecule has 2 N–H and O–H groups in total. The van der Waals surface area contributed by atoms with E-state index in [4.69, 9.17) is 17.3 Å². The zero-order valence-corrected chi connectivity index (χ0v) is 13.9. The van der Waals surface area contributed by atoms with Crippen LogP contribution in [0.5, 0.6) is 0 Å². The summed E-state index contributed by atoms with van der Waals surface area (Å²) in [5.41, 5.74) is 6.43. The third-order valence-corrected chi connectivity index (χ3v) is 3.80. The number of nitrogens with two attached hydrogens (primary N) is 1. The van der Waals surface area contributed by atoms with Gasteiger partial charge in [0.05, 0.1) is 6.54 Å². The van der Waals surface area contributed by atoms with Gasteiger partial charge in [-0.3, -0.25) is 9.59 Å². The molecule has 1 aliphatic heterocycles. The summed E-state index contributed by atoms with van der Waals surface area (Å²) in [6.45, 7) is 2.37. The number of hydrogen-bond donors (Lipinski definition) is 1. The summed E-state index contributed by atoms with van der Waals surface area (Å²) in [5.74, 6) is -0.00255. The van der Waals surface area contributed by atoms with Crippen molar-refractivity contribution in [3.05, 3.63) is 34.9 Å². The molecule has 7 heteroatoms. The van der Waals surface area contributed by atoms with Crippen LogP contribution in [0.2, 0.25) is 5.02 Å². The highest BCUT2D eigenvalue weighted by Crippen LogP contribution is 2.14. The Morgan fingerprint density at radius 3 is 2.50 bits per heavy atom. The van der Waals surface area contributed by atoms with Crippen LogP contribution < -0.4 is 5.73 Å². The van der Waals surface area contributed by atoms with Crippen LogP contribution in [0, 0.1) is 0 Å². The lowest BCUT2D eigenvalue weighted by Crippen LogP contribution is -2.51. The first-order chi connectivity index (χ1) is 10.1. The fourth-order valence-corrected chi connectivity index (χ4v) is 2.44. The van der Waals surface area contributed by atoms with Crippen molar-refractivity contribution < 1.29 is 9.59 Å². The minimum Gasteiger partial charge on any atom is -0.335 e. The molecule has 0 atom stereocenters. The molecule has 122 valence electrons. The molecule has 0 bridgehead atoms. The Bertz CT molecular complexity index is 508. The molecule has 1 heterocycles. The van der Waals surface area contributed by atoms with E-state index in [1.165, 1.54) is 0 Å². The van der Waals surface area contributed by atoms with Gasteiger partial charge in [0.25, 0.3) is 0 Å². The first kappa shape index (κ1) is 18.7. The molecule has 0 aliphatic carbocycles. The average molecular weight is 346 g/mol. The second-order valence-electron chi connectivity index (χ2n) is 5.15. The molecule has 0 radical (unpaired) electrons. The van der Waals surface area contributed by atoms with Crippen molar-refractivity contribution in [2.24, 2.45) is 5.73 Å². The number of piperazine rings is 1. The van der Waals surface area contributed by atoms with Crippen molar-refractivity contribution in [3.63, 3.8) is 0 Å². The third kappa shape index (κ3) is 5.16. The zero-order chi connectivity index (χ0) is 15.2. The number of halogens is 2. The normalized spacial score (nSPS) is 14.7. The van der Waals surface area contributed by atoms with Gasteiger partial charge in [-0.1, -0.05) is 23.7 Å². The maximum Gasteiger partial charge on any atom is 0.242 e. The zero-order valence-electron chi connectivity index (χ0n) is 12.3. The molecular weight excluding hydrogens is 325 g/mol. The maximum atomic E-state index is 12.1. The topological polar surface area (TPSA) is 66.6 Å². The number of amides is 2. The Labute approximate surface area is 141 Å². The number of benzene rings is 1. The number of nitrogens with zero attached hydrogens (tertiary/aromatic N) is 2. The van der Waals surface area contributed by atoms with E-state index in [1.807, 2.05) is 24.3 Å². The van der Waals surface area contributed by atoms with E-state index in [-0.39, 0.29) is 30.8 Å². The van der Waals surface area contributed by atoms with Crippen molar-refractivity contribution in [2.75, 3.05) is 26.2 Å². The number of hydrogen-bond acceptors (Lipinski definition) is 3. The van der Waals surface area contributed by atoms with Gasteiger partial charge in [-0.2, -0.15) is 0 Å². The van der Waals surface area contributed by atoms with Crippen LogP contribution in [0.4, 0.5) is 0 Å². The second kappa shape index (κ2) is 8.98. The molecule has 1 aliphatic rings. The van der Waals surface area contributed by atoms with Crippen LogP contribution >= 0.6 is 24.0 Å². The van der Waals surface area contributed by atoms with Gasteiger partial charge in [-0.05, 0) is 30.7 Å². The van der Waals surface area contributed by atoms with Gasteiger partial charge in [0, 0.05) is 31.1 Å². The standard InChI is InChI=1S/C15H20ClN3O2.ClH/c16-13-5-3-12(4-6-13)10-18-8-9-19(11-15(18)21)14(20)2-1-7-17;/h3-6H,1-2,7-11,17H2;1H. The molecule has 2 amide bonds. The molecular formula is C15H21Cl2N3O2. The molecule has 1 fully saturated rings. The van der Waals surface area contributed by atoms with Crippen LogP contribution in [0.1, 0.15) is 18.4 Å². The fraction of sp³-hybridized carbons (Fsp3) is 0.467. The number of carbonyl (C=O) groups excluding carboxylic acids is 2. The minimum absolute atomic E-state index is 0. The summed E-state index contributed by atoms with van der Waals surface area (Å²) in [6, 6.07) is 7.45. The number of rotatable bonds is 5. The van der Waals surface area contributed by atoms with E-state index in [0.29, 0.717) is 44.0 Å². The molecule has 1 aromatic carbocycles. The SMILES string of the molecule is Cl.NCCCC(=O)N1CCN(Cc2ccc(Cl)cc2)C(=O)C1. The highest BCUT2D eigenvalue weighted by molar-refractivity contribution is 6.30. The maximum absolute atomic E-state index is 12.1. The van der Waals surface area contributed by atoms with Gasteiger partial charge in [-0.25, -0.2) is 0 Å². The average Bonchev–Trinajstić information content (AvgIpc) is 2.49. The fourth-order valence-electron chi connectivity index (χ4n) is 2.31. The van der Waals surface area contributed by atoms with Crippen molar-refractivity contribution in [2.45, 2.75) is 19.4 Å². The number of carbonyl (C=O) groups is 2. The largest absolute Gasteiger partial charge is 0.335 e. The van der Waals surface area contributed by atoms with Gasteiger partial charge in [0.2, 0.25) is 11.8 Å². The molecule has 22 heavy (non-hydrogen) atoms. The van der Waals surface area contributed by atoms with Crippen molar-refractivity contribution in [3.8, 4) is 0 Å². The molecule has 1 aromatic rings. The predicted octanol–water partition coefficient (Wildman–Crippen LogP) is 1.67. The molecule has 0 aromatic heterocycles. The van der Waals surface area contributed by atoms with Crippen LogP contribution in [0.3, 0.4) is 0 Å². The Morgan fingerprint density at radius 2 is 1.91 bits per heavy atom. The molecule has 5 nitrogen and oxygen atoms in total. The molecule has 1 saturated heterocycles. The smallest absolute Gasteiger partial charge is 0.242 e. The van der Waals surface area contributed by atoms with Crippen molar-refractivity contribution in [1.82, 2.24) is 9.80 Å². The summed E-state index contributed by atoms with van der Waals surface area (Å²) in [5, 5.41) is 0.681. The summed E-state index contributed by atoms with van der Waals surface area (Å²) < 4.78 is 0. The lowest BCUT2D eigenvalue weighted by molar-refractivity contribution is -0.145. The van der Waals surface area contributed by atoms with E-state index < -0.39 is 0 Å². The van der Waals surface area contributed by atoms with E-state index in [9.17, 15) is 9.59 Å². The molecule has 0 saturated carbocycles. The van der Waals surface area contributed by atoms with Gasteiger partial charge >= 0.3 is 0 Å². The molecule has 2 rings (SSSR count). The van der Waals surface area contributed by atoms with Gasteiger partial charge < -0.3 is 15.5 Å². The lowest BCUT2D eigenvalue weighted by atomic mass is 10.2. The first-order valence-electron chi connectivity index (χ1n) is 7.10. The summed E-state index contributed by atoms with van der Waals surface area (Å²) >= 11 is 5.85. The van der Waals surface area contributed by atoms with E-state index in [1.54, 1.807) is 9.80 Å². The predicted molar refractivity (Wildman–Crippen MR) is 89.0 cm³/mol. The molecule has 0 unspecified atom stereocenters. The Balaban J connectivity index is 0.00000242. The second-order valence-corrected chi connectivity index (χ2v) is 5.59.